The number of hydrogen-bond donors (Lipinski definition) is 3. The van der Waals surface area contributed by atoms with Crippen molar-refractivity contribution >= 4 is 5.96 Å². The molecule has 0 aromatic carbocycles. The second kappa shape index (κ2) is 5.82. The SMILES string of the molecule is CCNC(=NCC(C)(C)N(C)C)NN. The molecule has 14 heavy (non-hydrogen) atoms. The van der Waals surface area contributed by atoms with E-state index in [1.165, 1.54) is 0 Å². The largest absolute Gasteiger partial charge is 0.356 e. The summed E-state index contributed by atoms with van der Waals surface area (Å²) in [6.07, 6.45) is 0. The lowest BCUT2D eigenvalue weighted by molar-refractivity contribution is 0.204. The minimum absolute atomic E-state index is 0.0392. The average molecular weight is 201 g/mol. The third kappa shape index (κ3) is 4.43. The molecule has 0 saturated heterocycles. The van der Waals surface area contributed by atoms with Crippen LogP contribution in [0.25, 0.3) is 0 Å². The van der Waals surface area contributed by atoms with Crippen LogP contribution in [0.5, 0.6) is 0 Å². The number of nitrogens with zero attached hydrogens (tertiary/aromatic N) is 2. The van der Waals surface area contributed by atoms with E-state index in [1.54, 1.807) is 0 Å². The summed E-state index contributed by atoms with van der Waals surface area (Å²) in [6.45, 7) is 7.79. The number of nitrogens with one attached hydrogen (secondary N) is 2. The van der Waals surface area contributed by atoms with E-state index in [9.17, 15) is 0 Å². The fraction of sp³-hybridized carbons (Fsp3) is 0.889. The van der Waals surface area contributed by atoms with Crippen molar-refractivity contribution in [1.29, 1.82) is 0 Å². The van der Waals surface area contributed by atoms with Gasteiger partial charge in [-0.25, -0.2) is 5.84 Å². The number of rotatable bonds is 4. The molecule has 0 aliphatic rings. The smallest absolute Gasteiger partial charge is 0.205 e. The van der Waals surface area contributed by atoms with Crippen LogP contribution in [0.15, 0.2) is 4.99 Å². The quantitative estimate of drug-likeness (QED) is 0.254. The fourth-order valence-electron chi connectivity index (χ4n) is 0.734. The maximum atomic E-state index is 5.31. The Balaban J connectivity index is 4.23. The van der Waals surface area contributed by atoms with Crippen LogP contribution in [0.4, 0.5) is 0 Å². The van der Waals surface area contributed by atoms with Crippen molar-refractivity contribution in [3.05, 3.63) is 0 Å². The molecular weight excluding hydrogens is 178 g/mol. The molecule has 0 aliphatic carbocycles. The first-order valence-corrected chi connectivity index (χ1v) is 4.86. The Hall–Kier alpha value is -0.810. The van der Waals surface area contributed by atoms with Gasteiger partial charge in [-0.1, -0.05) is 0 Å². The summed E-state index contributed by atoms with van der Waals surface area (Å²) in [5.41, 5.74) is 2.57. The van der Waals surface area contributed by atoms with Gasteiger partial charge in [0.15, 0.2) is 0 Å². The maximum Gasteiger partial charge on any atom is 0.205 e. The monoisotopic (exact) mass is 201 g/mol. The minimum atomic E-state index is 0.0392. The molecule has 0 amide bonds. The Morgan fingerprint density at radius 2 is 2.00 bits per heavy atom. The molecule has 5 nitrogen and oxygen atoms in total. The van der Waals surface area contributed by atoms with Crippen molar-refractivity contribution in [2.45, 2.75) is 26.3 Å². The van der Waals surface area contributed by atoms with Crippen molar-refractivity contribution in [3.8, 4) is 0 Å². The highest BCUT2D eigenvalue weighted by molar-refractivity contribution is 5.79. The molecule has 0 unspecified atom stereocenters. The van der Waals surface area contributed by atoms with Gasteiger partial charge in [-0.15, -0.1) is 0 Å². The number of nitrogens with two attached hydrogens (primary N) is 1. The van der Waals surface area contributed by atoms with Crippen LogP contribution in [0.2, 0.25) is 0 Å². The molecule has 0 fully saturated rings. The van der Waals surface area contributed by atoms with Gasteiger partial charge in [-0.05, 0) is 34.9 Å². The molecule has 0 rings (SSSR count). The Morgan fingerprint density at radius 3 is 2.36 bits per heavy atom. The van der Waals surface area contributed by atoms with Gasteiger partial charge in [0.25, 0.3) is 0 Å². The third-order valence-electron chi connectivity index (χ3n) is 2.32. The lowest BCUT2D eigenvalue weighted by Crippen LogP contribution is -2.45. The van der Waals surface area contributed by atoms with Crippen LogP contribution < -0.4 is 16.6 Å². The number of likely N-dealkylation sites (N-methyl/N-ethyl adjacent to an activating group) is 1. The summed E-state index contributed by atoms with van der Waals surface area (Å²) in [7, 11) is 4.08. The second-order valence-corrected chi connectivity index (χ2v) is 4.05. The van der Waals surface area contributed by atoms with Crippen molar-refractivity contribution in [2.75, 3.05) is 27.2 Å². The van der Waals surface area contributed by atoms with E-state index < -0.39 is 0 Å². The van der Waals surface area contributed by atoms with Gasteiger partial charge in [0.2, 0.25) is 5.96 Å². The number of guanidine groups is 1. The summed E-state index contributed by atoms with van der Waals surface area (Å²) in [4.78, 5) is 6.49. The topological polar surface area (TPSA) is 65.7 Å². The van der Waals surface area contributed by atoms with Crippen LogP contribution >= 0.6 is 0 Å². The molecule has 4 N–H and O–H groups in total. The van der Waals surface area contributed by atoms with Gasteiger partial charge in [-0.2, -0.15) is 0 Å². The highest BCUT2D eigenvalue weighted by Crippen LogP contribution is 2.09. The van der Waals surface area contributed by atoms with Crippen molar-refractivity contribution in [3.63, 3.8) is 0 Å². The van der Waals surface area contributed by atoms with Crippen molar-refractivity contribution in [2.24, 2.45) is 10.8 Å². The van der Waals surface area contributed by atoms with Gasteiger partial charge < -0.3 is 10.2 Å². The van der Waals surface area contributed by atoms with Crippen LogP contribution in [0.3, 0.4) is 0 Å². The molecule has 0 heterocycles. The highest BCUT2D eigenvalue weighted by Gasteiger charge is 2.19. The summed E-state index contributed by atoms with van der Waals surface area (Å²) < 4.78 is 0. The Bertz CT molecular complexity index is 186. The van der Waals surface area contributed by atoms with Gasteiger partial charge in [0.05, 0.1) is 6.54 Å². The van der Waals surface area contributed by atoms with E-state index in [1.807, 2.05) is 21.0 Å². The van der Waals surface area contributed by atoms with Crippen LogP contribution in [-0.4, -0.2) is 43.6 Å². The van der Waals surface area contributed by atoms with Crippen LogP contribution in [0, 0.1) is 0 Å². The molecule has 0 aliphatic heterocycles. The van der Waals surface area contributed by atoms with Crippen molar-refractivity contribution in [1.82, 2.24) is 15.6 Å². The number of hydrazine groups is 1. The molecule has 84 valence electrons. The van der Waals surface area contributed by atoms with E-state index in [0.29, 0.717) is 12.5 Å². The highest BCUT2D eigenvalue weighted by atomic mass is 15.3. The Morgan fingerprint density at radius 1 is 1.43 bits per heavy atom. The Kier molecular flexibility index (Phi) is 5.49. The third-order valence-corrected chi connectivity index (χ3v) is 2.32. The standard InChI is InChI=1S/C9H23N5/c1-6-11-8(13-10)12-7-9(2,3)14(4)5/h6-7,10H2,1-5H3,(H2,11,12,13). The number of hydrogen-bond acceptors (Lipinski definition) is 3. The zero-order chi connectivity index (χ0) is 11.2. The first-order chi connectivity index (χ1) is 6.44. The predicted molar refractivity (Wildman–Crippen MR) is 61.1 cm³/mol. The molecule has 0 aromatic rings. The molecule has 0 spiro atoms. The molecule has 0 saturated carbocycles. The lowest BCUT2D eigenvalue weighted by atomic mass is 10.1. The predicted octanol–water partition coefficient (Wildman–Crippen LogP) is -0.245. The summed E-state index contributed by atoms with van der Waals surface area (Å²) in [6, 6.07) is 0. The van der Waals surface area contributed by atoms with Gasteiger partial charge >= 0.3 is 0 Å². The zero-order valence-corrected chi connectivity index (χ0v) is 9.89. The maximum absolute atomic E-state index is 5.31. The summed E-state index contributed by atoms with van der Waals surface area (Å²) in [5, 5.41) is 3.04. The molecule has 0 bridgehead atoms. The molecular formula is C9H23N5. The van der Waals surface area contributed by atoms with E-state index >= 15 is 0 Å². The summed E-state index contributed by atoms with van der Waals surface area (Å²) in [5.74, 6) is 5.95. The average Bonchev–Trinajstić information content (AvgIpc) is 2.12. The van der Waals surface area contributed by atoms with Crippen LogP contribution in [0.1, 0.15) is 20.8 Å². The zero-order valence-electron chi connectivity index (χ0n) is 9.89. The Labute approximate surface area is 86.7 Å². The van der Waals surface area contributed by atoms with Gasteiger partial charge in [-0.3, -0.25) is 10.4 Å². The normalized spacial score (nSPS) is 13.2. The van der Waals surface area contributed by atoms with E-state index in [2.05, 4.69) is 34.5 Å². The van der Waals surface area contributed by atoms with Crippen molar-refractivity contribution < 1.29 is 0 Å². The molecule has 0 aromatic heterocycles. The molecule has 0 atom stereocenters. The molecule has 0 radical (unpaired) electrons. The van der Waals surface area contributed by atoms with E-state index in [-0.39, 0.29) is 5.54 Å². The van der Waals surface area contributed by atoms with Gasteiger partial charge in [0, 0.05) is 12.1 Å². The minimum Gasteiger partial charge on any atom is -0.356 e. The van der Waals surface area contributed by atoms with E-state index in [0.717, 1.165) is 6.54 Å². The number of aliphatic imine (C=N–C) groups is 1. The van der Waals surface area contributed by atoms with Gasteiger partial charge in [0.1, 0.15) is 0 Å². The van der Waals surface area contributed by atoms with E-state index in [4.69, 9.17) is 5.84 Å². The lowest BCUT2D eigenvalue weighted by Gasteiger charge is -2.30. The first-order valence-electron chi connectivity index (χ1n) is 4.86. The summed E-state index contributed by atoms with van der Waals surface area (Å²) >= 11 is 0. The first kappa shape index (κ1) is 13.2. The molecule has 5 heteroatoms. The van der Waals surface area contributed by atoms with Crippen LogP contribution in [-0.2, 0) is 0 Å². The second-order valence-electron chi connectivity index (χ2n) is 4.05. The fourth-order valence-corrected chi connectivity index (χ4v) is 0.734.